The Morgan fingerprint density at radius 1 is 1.17 bits per heavy atom. The van der Waals surface area contributed by atoms with Crippen LogP contribution in [0.25, 0.3) is 0 Å². The number of para-hydroxylation sites is 1. The monoisotopic (exact) mass is 407 g/mol. The van der Waals surface area contributed by atoms with Crippen molar-refractivity contribution in [3.63, 3.8) is 0 Å². The number of anilines is 1. The Morgan fingerprint density at radius 2 is 2.07 bits per heavy atom. The molecular weight excluding hydrogens is 386 g/mol. The lowest BCUT2D eigenvalue weighted by Crippen LogP contribution is -2.31. The minimum atomic E-state index is -0.223. The standard InChI is InChI=1S/C22H21N3O5/c1-28-18-8-2-5-15-14-25(17-7-3-11-23-22(17)30-21(15)18)20(27)10-9-19(26)24-13-16-6-4-12-29-16/h2-8,11-12H,9-10,13-14H2,1H3,(H,24,26). The lowest BCUT2D eigenvalue weighted by molar-refractivity contribution is -0.125. The van der Waals surface area contributed by atoms with Crippen LogP contribution in [0.15, 0.2) is 59.3 Å². The van der Waals surface area contributed by atoms with Crippen molar-refractivity contribution in [3.05, 3.63) is 66.2 Å². The third kappa shape index (κ3) is 4.12. The molecule has 0 atom stereocenters. The third-order valence-electron chi connectivity index (χ3n) is 4.76. The van der Waals surface area contributed by atoms with Crippen molar-refractivity contribution in [2.24, 2.45) is 0 Å². The number of furan rings is 1. The Balaban J connectivity index is 1.49. The summed E-state index contributed by atoms with van der Waals surface area (Å²) in [6, 6.07) is 12.6. The number of nitrogens with zero attached hydrogens (tertiary/aromatic N) is 2. The zero-order chi connectivity index (χ0) is 20.9. The fourth-order valence-electron chi connectivity index (χ4n) is 3.25. The molecule has 0 aliphatic carbocycles. The van der Waals surface area contributed by atoms with Crippen molar-refractivity contribution in [1.29, 1.82) is 0 Å². The van der Waals surface area contributed by atoms with E-state index in [0.29, 0.717) is 28.8 Å². The van der Waals surface area contributed by atoms with Crippen LogP contribution in [0.4, 0.5) is 5.69 Å². The van der Waals surface area contributed by atoms with Crippen LogP contribution in [0.5, 0.6) is 17.4 Å². The van der Waals surface area contributed by atoms with Crippen LogP contribution in [0.3, 0.4) is 0 Å². The molecule has 0 saturated heterocycles. The second kappa shape index (κ2) is 8.69. The molecular formula is C22H21N3O5. The van der Waals surface area contributed by atoms with Crippen molar-refractivity contribution in [1.82, 2.24) is 10.3 Å². The van der Waals surface area contributed by atoms with Crippen LogP contribution in [-0.2, 0) is 22.7 Å². The van der Waals surface area contributed by atoms with Gasteiger partial charge in [0.1, 0.15) is 11.4 Å². The van der Waals surface area contributed by atoms with Crippen molar-refractivity contribution >= 4 is 17.5 Å². The number of amides is 2. The van der Waals surface area contributed by atoms with Crippen LogP contribution >= 0.6 is 0 Å². The highest BCUT2D eigenvalue weighted by molar-refractivity contribution is 5.96. The van der Waals surface area contributed by atoms with E-state index in [1.54, 1.807) is 54.8 Å². The molecule has 154 valence electrons. The second-order valence-corrected chi connectivity index (χ2v) is 6.71. The Bertz CT molecular complexity index is 1050. The lowest BCUT2D eigenvalue weighted by atomic mass is 10.1. The molecule has 3 heterocycles. The number of hydrogen-bond acceptors (Lipinski definition) is 6. The first-order valence-electron chi connectivity index (χ1n) is 9.54. The zero-order valence-electron chi connectivity index (χ0n) is 16.5. The molecule has 1 N–H and O–H groups in total. The van der Waals surface area contributed by atoms with E-state index in [1.807, 2.05) is 12.1 Å². The van der Waals surface area contributed by atoms with Crippen molar-refractivity contribution in [2.75, 3.05) is 12.0 Å². The number of benzene rings is 1. The quantitative estimate of drug-likeness (QED) is 0.673. The molecule has 0 fully saturated rings. The molecule has 1 aliphatic heterocycles. The molecule has 0 radical (unpaired) electrons. The van der Waals surface area contributed by atoms with Crippen molar-refractivity contribution in [3.8, 4) is 17.4 Å². The number of hydrogen-bond donors (Lipinski definition) is 1. The molecule has 8 nitrogen and oxygen atoms in total. The summed E-state index contributed by atoms with van der Waals surface area (Å²) in [6.07, 6.45) is 3.27. The number of rotatable bonds is 6. The highest BCUT2D eigenvalue weighted by atomic mass is 16.5. The summed E-state index contributed by atoms with van der Waals surface area (Å²) in [7, 11) is 1.56. The summed E-state index contributed by atoms with van der Waals surface area (Å²) in [5.74, 6) is 1.65. The van der Waals surface area contributed by atoms with Gasteiger partial charge in [0, 0.05) is 24.6 Å². The Hall–Kier alpha value is -3.81. The van der Waals surface area contributed by atoms with Gasteiger partial charge in [-0.15, -0.1) is 0 Å². The van der Waals surface area contributed by atoms with Gasteiger partial charge in [-0.25, -0.2) is 4.98 Å². The largest absolute Gasteiger partial charge is 0.493 e. The highest BCUT2D eigenvalue weighted by Gasteiger charge is 2.28. The molecule has 30 heavy (non-hydrogen) atoms. The number of carbonyl (C=O) groups excluding carboxylic acids is 2. The number of methoxy groups -OCH3 is 1. The Kier molecular flexibility index (Phi) is 5.65. The molecule has 3 aromatic rings. The first-order valence-corrected chi connectivity index (χ1v) is 9.54. The molecule has 1 aliphatic rings. The van der Waals surface area contributed by atoms with E-state index in [4.69, 9.17) is 13.9 Å². The smallest absolute Gasteiger partial charge is 0.243 e. The number of ether oxygens (including phenoxy) is 2. The minimum absolute atomic E-state index is 0.0532. The maximum Gasteiger partial charge on any atom is 0.243 e. The number of pyridine rings is 1. The van der Waals surface area contributed by atoms with Crippen LogP contribution < -0.4 is 19.7 Å². The first-order chi connectivity index (χ1) is 14.7. The van der Waals surface area contributed by atoms with Gasteiger partial charge in [0.25, 0.3) is 0 Å². The van der Waals surface area contributed by atoms with Crippen LogP contribution in [0.2, 0.25) is 0 Å². The van der Waals surface area contributed by atoms with Crippen molar-refractivity contribution in [2.45, 2.75) is 25.9 Å². The summed E-state index contributed by atoms with van der Waals surface area (Å²) in [5.41, 5.74) is 1.35. The van der Waals surface area contributed by atoms with E-state index in [-0.39, 0.29) is 37.7 Å². The van der Waals surface area contributed by atoms with Gasteiger partial charge in [0.05, 0.1) is 26.5 Å². The van der Waals surface area contributed by atoms with E-state index in [9.17, 15) is 9.59 Å². The predicted octanol–water partition coefficient (Wildman–Crippen LogP) is 3.42. The maximum absolute atomic E-state index is 13.0. The molecule has 0 spiro atoms. The Morgan fingerprint density at radius 3 is 2.87 bits per heavy atom. The lowest BCUT2D eigenvalue weighted by Gasteiger charge is -2.21. The molecule has 1 aromatic carbocycles. The number of fused-ring (bicyclic) bond motifs is 2. The summed E-state index contributed by atoms with van der Waals surface area (Å²) in [4.78, 5) is 31.0. The molecule has 8 heteroatoms. The highest BCUT2D eigenvalue weighted by Crippen LogP contribution is 2.42. The number of nitrogens with one attached hydrogen (secondary N) is 1. The van der Waals surface area contributed by atoms with E-state index >= 15 is 0 Å². The molecule has 2 amide bonds. The summed E-state index contributed by atoms with van der Waals surface area (Å²) in [5, 5.41) is 2.75. The van der Waals surface area contributed by atoms with Crippen LogP contribution in [0, 0.1) is 0 Å². The average Bonchev–Trinajstić information content (AvgIpc) is 3.23. The van der Waals surface area contributed by atoms with Crippen LogP contribution in [0.1, 0.15) is 24.2 Å². The van der Waals surface area contributed by atoms with Gasteiger partial charge >= 0.3 is 0 Å². The van der Waals surface area contributed by atoms with Crippen molar-refractivity contribution < 1.29 is 23.5 Å². The normalized spacial score (nSPS) is 12.2. The minimum Gasteiger partial charge on any atom is -0.493 e. The summed E-state index contributed by atoms with van der Waals surface area (Å²) < 4.78 is 16.6. The van der Waals surface area contributed by atoms with E-state index in [1.165, 1.54) is 0 Å². The van der Waals surface area contributed by atoms with E-state index in [0.717, 1.165) is 5.56 Å². The Labute approximate surface area is 173 Å². The molecule has 2 aromatic heterocycles. The second-order valence-electron chi connectivity index (χ2n) is 6.71. The van der Waals surface area contributed by atoms with Gasteiger partial charge in [-0.05, 0) is 30.3 Å². The molecule has 0 saturated carbocycles. The van der Waals surface area contributed by atoms with E-state index in [2.05, 4.69) is 10.3 Å². The molecule has 0 unspecified atom stereocenters. The van der Waals surface area contributed by atoms with Gasteiger partial charge in [0.2, 0.25) is 17.7 Å². The number of aromatic nitrogens is 1. The first kappa shape index (κ1) is 19.5. The fourth-order valence-corrected chi connectivity index (χ4v) is 3.25. The van der Waals surface area contributed by atoms with E-state index < -0.39 is 0 Å². The van der Waals surface area contributed by atoms with Gasteiger partial charge in [-0.1, -0.05) is 12.1 Å². The molecule has 4 rings (SSSR count). The molecule has 0 bridgehead atoms. The van der Waals surface area contributed by atoms with Gasteiger partial charge < -0.3 is 24.1 Å². The van der Waals surface area contributed by atoms with Gasteiger partial charge in [-0.3, -0.25) is 9.59 Å². The topological polar surface area (TPSA) is 93.9 Å². The average molecular weight is 407 g/mol. The number of carbonyl (C=O) groups is 2. The SMILES string of the molecule is COc1cccc2c1Oc1ncccc1N(C(=O)CCC(=O)NCc1ccco1)C2. The van der Waals surface area contributed by atoms with Crippen LogP contribution in [-0.4, -0.2) is 23.9 Å². The summed E-state index contributed by atoms with van der Waals surface area (Å²) in [6.45, 7) is 0.579. The fraction of sp³-hybridized carbons (Fsp3) is 0.227. The predicted molar refractivity (Wildman–Crippen MR) is 108 cm³/mol. The zero-order valence-corrected chi connectivity index (χ0v) is 16.5. The maximum atomic E-state index is 13.0. The third-order valence-corrected chi connectivity index (χ3v) is 4.76. The van der Waals surface area contributed by atoms with Gasteiger partial charge in [0.15, 0.2) is 11.5 Å². The summed E-state index contributed by atoms with van der Waals surface area (Å²) >= 11 is 0. The van der Waals surface area contributed by atoms with Gasteiger partial charge in [-0.2, -0.15) is 0 Å².